The summed E-state index contributed by atoms with van der Waals surface area (Å²) in [4.78, 5) is 0. The first kappa shape index (κ1) is 7.21. The van der Waals surface area contributed by atoms with Gasteiger partial charge in [-0.1, -0.05) is 0 Å². The summed E-state index contributed by atoms with van der Waals surface area (Å²) in [7, 11) is 0. The monoisotopic (exact) mass is 192 g/mol. The van der Waals surface area contributed by atoms with E-state index in [1.54, 1.807) is 11.3 Å². The number of fused-ring (bicyclic) bond motifs is 3. The lowest BCUT2D eigenvalue weighted by Gasteiger charge is -1.80. The van der Waals surface area contributed by atoms with E-state index in [0.29, 0.717) is 0 Å². The smallest absolute Gasteiger partial charge is 0.188 e. The predicted molar refractivity (Wildman–Crippen MR) is 53.3 cm³/mol. The molecule has 3 aromatic heterocycles. The van der Waals surface area contributed by atoms with Crippen molar-refractivity contribution >= 4 is 31.9 Å². The van der Waals surface area contributed by atoms with Crippen LogP contribution in [0.1, 0.15) is 11.5 Å². The zero-order valence-corrected chi connectivity index (χ0v) is 8.20. The molecule has 2 nitrogen and oxygen atoms in total. The number of hydrogen-bond donors (Lipinski definition) is 0. The highest BCUT2D eigenvalue weighted by Crippen LogP contribution is 2.37. The Morgan fingerprint density at radius 1 is 0.923 bits per heavy atom. The van der Waals surface area contributed by atoms with E-state index >= 15 is 0 Å². The maximum atomic E-state index is 5.55. The van der Waals surface area contributed by atoms with E-state index in [1.807, 2.05) is 26.0 Å². The van der Waals surface area contributed by atoms with Crippen molar-refractivity contribution in [3.05, 3.63) is 23.7 Å². The zero-order valence-electron chi connectivity index (χ0n) is 7.38. The number of furan rings is 2. The van der Waals surface area contributed by atoms with Crippen LogP contribution in [-0.2, 0) is 0 Å². The third-order valence-corrected chi connectivity index (χ3v) is 3.11. The lowest BCUT2D eigenvalue weighted by Crippen LogP contribution is -1.54. The topological polar surface area (TPSA) is 26.3 Å². The SMILES string of the molecule is Cc1cc2sc3cc(C)oc3c2o1. The molecule has 0 aliphatic carbocycles. The maximum absolute atomic E-state index is 5.55. The van der Waals surface area contributed by atoms with Crippen LogP contribution in [0.5, 0.6) is 0 Å². The Kier molecular flexibility index (Phi) is 1.21. The molecule has 0 spiro atoms. The summed E-state index contributed by atoms with van der Waals surface area (Å²) in [5.74, 6) is 1.88. The molecule has 0 amide bonds. The van der Waals surface area contributed by atoms with Gasteiger partial charge in [-0.2, -0.15) is 0 Å². The van der Waals surface area contributed by atoms with E-state index < -0.39 is 0 Å². The van der Waals surface area contributed by atoms with Gasteiger partial charge in [0.25, 0.3) is 0 Å². The standard InChI is InChI=1S/C10H8O2S/c1-5-3-7-9(11-5)10-8(13-7)4-6(2)12-10/h3-4H,1-2H3. The Morgan fingerprint density at radius 2 is 1.38 bits per heavy atom. The van der Waals surface area contributed by atoms with Crippen molar-refractivity contribution in [1.29, 1.82) is 0 Å². The molecule has 66 valence electrons. The molecular formula is C10H8O2S. The number of hydrogen-bond acceptors (Lipinski definition) is 3. The fourth-order valence-electron chi connectivity index (χ4n) is 1.57. The summed E-state index contributed by atoms with van der Waals surface area (Å²) >= 11 is 1.72. The second-order valence-electron chi connectivity index (χ2n) is 3.20. The summed E-state index contributed by atoms with van der Waals surface area (Å²) in [6.45, 7) is 3.91. The van der Waals surface area contributed by atoms with Crippen molar-refractivity contribution in [1.82, 2.24) is 0 Å². The zero-order chi connectivity index (χ0) is 9.00. The van der Waals surface area contributed by atoms with Gasteiger partial charge in [-0.25, -0.2) is 0 Å². The van der Waals surface area contributed by atoms with Gasteiger partial charge < -0.3 is 8.83 Å². The van der Waals surface area contributed by atoms with Gasteiger partial charge in [-0.05, 0) is 26.0 Å². The van der Waals surface area contributed by atoms with Gasteiger partial charge in [0.1, 0.15) is 11.5 Å². The second-order valence-corrected chi connectivity index (χ2v) is 4.29. The van der Waals surface area contributed by atoms with E-state index in [1.165, 1.54) is 9.40 Å². The van der Waals surface area contributed by atoms with Crippen molar-refractivity contribution in [3.63, 3.8) is 0 Å². The molecular weight excluding hydrogens is 184 g/mol. The van der Waals surface area contributed by atoms with Gasteiger partial charge in [0.15, 0.2) is 11.2 Å². The maximum Gasteiger partial charge on any atom is 0.188 e. The van der Waals surface area contributed by atoms with Gasteiger partial charge >= 0.3 is 0 Å². The fourth-order valence-corrected chi connectivity index (χ4v) is 2.71. The Bertz CT molecular complexity index is 531. The molecule has 3 heterocycles. The molecule has 0 aliphatic heterocycles. The molecule has 0 aliphatic rings. The van der Waals surface area contributed by atoms with E-state index in [9.17, 15) is 0 Å². The molecule has 0 fully saturated rings. The van der Waals surface area contributed by atoms with Gasteiger partial charge in [-0.15, -0.1) is 11.3 Å². The number of thiophene rings is 1. The van der Waals surface area contributed by atoms with Crippen molar-refractivity contribution in [3.8, 4) is 0 Å². The summed E-state index contributed by atoms with van der Waals surface area (Å²) in [6.07, 6.45) is 0. The highest BCUT2D eigenvalue weighted by atomic mass is 32.1. The minimum Gasteiger partial charge on any atom is -0.456 e. The van der Waals surface area contributed by atoms with Gasteiger partial charge in [0.2, 0.25) is 0 Å². The third kappa shape index (κ3) is 0.877. The third-order valence-electron chi connectivity index (χ3n) is 2.07. The molecule has 0 atom stereocenters. The Labute approximate surface area is 78.8 Å². The van der Waals surface area contributed by atoms with E-state index in [4.69, 9.17) is 8.83 Å². The van der Waals surface area contributed by atoms with Crippen LogP contribution in [0.2, 0.25) is 0 Å². The largest absolute Gasteiger partial charge is 0.456 e. The number of aryl methyl sites for hydroxylation is 2. The molecule has 3 rings (SSSR count). The summed E-state index contributed by atoms with van der Waals surface area (Å²) in [5, 5.41) is 0. The first-order chi connectivity index (χ1) is 6.24. The van der Waals surface area contributed by atoms with Crippen LogP contribution in [0, 0.1) is 13.8 Å². The molecule has 13 heavy (non-hydrogen) atoms. The van der Waals surface area contributed by atoms with Gasteiger partial charge in [-0.3, -0.25) is 0 Å². The molecule has 3 heteroatoms. The van der Waals surface area contributed by atoms with E-state index in [2.05, 4.69) is 0 Å². The van der Waals surface area contributed by atoms with Crippen LogP contribution < -0.4 is 0 Å². The second kappa shape index (κ2) is 2.17. The van der Waals surface area contributed by atoms with E-state index in [-0.39, 0.29) is 0 Å². The number of rotatable bonds is 0. The quantitative estimate of drug-likeness (QED) is 0.540. The minimum atomic E-state index is 0.894. The van der Waals surface area contributed by atoms with Crippen LogP contribution in [0.3, 0.4) is 0 Å². The lowest BCUT2D eigenvalue weighted by molar-refractivity contribution is 0.548. The summed E-state index contributed by atoms with van der Waals surface area (Å²) in [5.41, 5.74) is 1.79. The molecule has 0 radical (unpaired) electrons. The molecule has 0 bridgehead atoms. The Morgan fingerprint density at radius 3 is 1.85 bits per heavy atom. The van der Waals surface area contributed by atoms with Gasteiger partial charge in [0.05, 0.1) is 9.40 Å². The average molecular weight is 192 g/mol. The fraction of sp³-hybridized carbons (Fsp3) is 0.200. The first-order valence-electron chi connectivity index (χ1n) is 4.13. The highest BCUT2D eigenvalue weighted by Gasteiger charge is 2.13. The highest BCUT2D eigenvalue weighted by molar-refractivity contribution is 7.25. The lowest BCUT2D eigenvalue weighted by atomic mass is 10.4. The molecule has 0 unspecified atom stereocenters. The Balaban J connectivity index is 2.56. The minimum absolute atomic E-state index is 0.894. The van der Waals surface area contributed by atoms with Crippen LogP contribution in [0.15, 0.2) is 21.0 Å². The van der Waals surface area contributed by atoms with E-state index in [0.717, 1.165) is 22.7 Å². The van der Waals surface area contributed by atoms with Crippen molar-refractivity contribution < 1.29 is 8.83 Å². The van der Waals surface area contributed by atoms with Crippen LogP contribution in [0.25, 0.3) is 20.6 Å². The predicted octanol–water partition coefficient (Wildman–Crippen LogP) is 3.86. The van der Waals surface area contributed by atoms with Crippen molar-refractivity contribution in [2.75, 3.05) is 0 Å². The molecule has 3 aromatic rings. The summed E-state index contributed by atoms with van der Waals surface area (Å²) < 4.78 is 13.4. The van der Waals surface area contributed by atoms with Crippen LogP contribution in [0.4, 0.5) is 0 Å². The molecule has 0 aromatic carbocycles. The van der Waals surface area contributed by atoms with Crippen molar-refractivity contribution in [2.24, 2.45) is 0 Å². The van der Waals surface area contributed by atoms with Gasteiger partial charge in [0, 0.05) is 0 Å². The normalized spacial score (nSPS) is 11.8. The van der Waals surface area contributed by atoms with Crippen LogP contribution in [-0.4, -0.2) is 0 Å². The summed E-state index contributed by atoms with van der Waals surface area (Å²) in [6, 6.07) is 4.09. The van der Waals surface area contributed by atoms with Crippen molar-refractivity contribution in [2.45, 2.75) is 13.8 Å². The van der Waals surface area contributed by atoms with Crippen LogP contribution >= 0.6 is 11.3 Å². The molecule has 0 saturated carbocycles. The molecule has 0 saturated heterocycles. The first-order valence-corrected chi connectivity index (χ1v) is 4.95. The molecule has 0 N–H and O–H groups in total. The average Bonchev–Trinajstić information content (AvgIpc) is 2.60. The Hall–Kier alpha value is -1.22.